The molecule has 0 spiro atoms. The predicted octanol–water partition coefficient (Wildman–Crippen LogP) is 3.85. The van der Waals surface area contributed by atoms with Gasteiger partial charge in [-0.25, -0.2) is 9.78 Å². The van der Waals surface area contributed by atoms with Gasteiger partial charge in [0.15, 0.2) is 0 Å². The van der Waals surface area contributed by atoms with Crippen LogP contribution in [-0.4, -0.2) is 22.0 Å². The van der Waals surface area contributed by atoms with Gasteiger partial charge in [0.2, 0.25) is 5.91 Å². The smallest absolute Gasteiger partial charge is 0.347 e. The number of nitrogens with one attached hydrogen (secondary N) is 1. The van der Waals surface area contributed by atoms with Gasteiger partial charge in [0.25, 0.3) is 0 Å². The Kier molecular flexibility index (Phi) is 4.83. The highest BCUT2D eigenvalue weighted by Crippen LogP contribution is 2.27. The molecule has 1 atom stereocenters. The number of thiazole rings is 1. The molecule has 0 unspecified atom stereocenters. The molecule has 0 fully saturated rings. The molecular formula is C15H15ClN2O3S. The number of halogens is 1. The van der Waals surface area contributed by atoms with E-state index in [1.54, 1.807) is 26.0 Å². The molecule has 0 radical (unpaired) electrons. The van der Waals surface area contributed by atoms with Crippen molar-refractivity contribution in [3.05, 3.63) is 44.4 Å². The summed E-state index contributed by atoms with van der Waals surface area (Å²) in [4.78, 5) is 27.6. The first-order valence-corrected chi connectivity index (χ1v) is 7.76. The van der Waals surface area contributed by atoms with Crippen LogP contribution in [0.3, 0.4) is 0 Å². The number of hydrogen-bond donors (Lipinski definition) is 2. The van der Waals surface area contributed by atoms with Crippen molar-refractivity contribution >= 4 is 40.5 Å². The molecule has 0 bridgehead atoms. The Morgan fingerprint density at radius 2 is 2.05 bits per heavy atom. The van der Waals surface area contributed by atoms with Crippen LogP contribution in [0.2, 0.25) is 5.02 Å². The van der Waals surface area contributed by atoms with Crippen LogP contribution in [0.4, 0.5) is 5.69 Å². The van der Waals surface area contributed by atoms with E-state index < -0.39 is 11.9 Å². The van der Waals surface area contributed by atoms with Crippen molar-refractivity contribution < 1.29 is 14.7 Å². The maximum absolute atomic E-state index is 12.3. The zero-order chi connectivity index (χ0) is 16.4. The van der Waals surface area contributed by atoms with Crippen LogP contribution in [0.15, 0.2) is 18.2 Å². The van der Waals surface area contributed by atoms with Crippen molar-refractivity contribution in [2.45, 2.75) is 26.7 Å². The molecule has 22 heavy (non-hydrogen) atoms. The van der Waals surface area contributed by atoms with Gasteiger partial charge in [0, 0.05) is 10.7 Å². The summed E-state index contributed by atoms with van der Waals surface area (Å²) in [6.07, 6.45) is 0. The molecular weight excluding hydrogens is 324 g/mol. The molecule has 116 valence electrons. The minimum atomic E-state index is -1.03. The first kappa shape index (κ1) is 16.5. The highest BCUT2D eigenvalue weighted by molar-refractivity contribution is 7.13. The molecule has 1 aromatic heterocycles. The molecule has 2 rings (SSSR count). The van der Waals surface area contributed by atoms with E-state index >= 15 is 0 Å². The Balaban J connectivity index is 2.16. The number of aromatic carboxylic acids is 1. The lowest BCUT2D eigenvalue weighted by Crippen LogP contribution is -2.18. The quantitative estimate of drug-likeness (QED) is 0.887. The summed E-state index contributed by atoms with van der Waals surface area (Å²) < 4.78 is 0. The highest BCUT2D eigenvalue weighted by atomic mass is 35.5. The second-order valence-electron chi connectivity index (χ2n) is 4.95. The van der Waals surface area contributed by atoms with Crippen molar-refractivity contribution in [2.24, 2.45) is 0 Å². The fraction of sp³-hybridized carbons (Fsp3) is 0.267. The largest absolute Gasteiger partial charge is 0.477 e. The van der Waals surface area contributed by atoms with Gasteiger partial charge in [-0.15, -0.1) is 11.3 Å². The molecule has 2 aromatic rings. The minimum Gasteiger partial charge on any atom is -0.477 e. The second kappa shape index (κ2) is 6.46. The first-order chi connectivity index (χ1) is 10.3. The standard InChI is InChI=1S/C15H15ClN2O3S/c1-7-4-5-10(6-11(7)16)18-13(19)8(2)14-17-9(3)12(22-14)15(20)21/h4-6,8H,1-3H3,(H,18,19)(H,20,21)/t8-/m0/s1. The van der Waals surface area contributed by atoms with E-state index in [1.807, 2.05) is 13.0 Å². The monoisotopic (exact) mass is 338 g/mol. The average molecular weight is 339 g/mol. The summed E-state index contributed by atoms with van der Waals surface area (Å²) >= 11 is 7.05. The summed E-state index contributed by atoms with van der Waals surface area (Å²) in [7, 11) is 0. The van der Waals surface area contributed by atoms with Crippen molar-refractivity contribution in [1.29, 1.82) is 0 Å². The summed E-state index contributed by atoms with van der Waals surface area (Å²) in [6.45, 7) is 5.19. The number of carbonyl (C=O) groups excluding carboxylic acids is 1. The number of nitrogens with zero attached hydrogens (tertiary/aromatic N) is 1. The number of aryl methyl sites for hydroxylation is 2. The number of carboxylic acid groups (broad SMARTS) is 1. The molecule has 0 aliphatic rings. The Bertz CT molecular complexity index is 742. The van der Waals surface area contributed by atoms with Gasteiger partial charge in [-0.05, 0) is 38.5 Å². The lowest BCUT2D eigenvalue weighted by molar-refractivity contribution is -0.117. The molecule has 2 N–H and O–H groups in total. The number of benzene rings is 1. The molecule has 1 aromatic carbocycles. The molecule has 0 saturated carbocycles. The highest BCUT2D eigenvalue weighted by Gasteiger charge is 2.23. The second-order valence-corrected chi connectivity index (χ2v) is 6.38. The molecule has 0 saturated heterocycles. The number of amides is 1. The van der Waals surface area contributed by atoms with E-state index in [9.17, 15) is 9.59 Å². The molecule has 0 aliphatic carbocycles. The third-order valence-corrected chi connectivity index (χ3v) is 4.95. The van der Waals surface area contributed by atoms with E-state index in [-0.39, 0.29) is 10.8 Å². The van der Waals surface area contributed by atoms with Crippen LogP contribution in [-0.2, 0) is 4.79 Å². The van der Waals surface area contributed by atoms with Gasteiger partial charge < -0.3 is 10.4 Å². The third kappa shape index (κ3) is 3.45. The molecule has 7 heteroatoms. The number of anilines is 1. The summed E-state index contributed by atoms with van der Waals surface area (Å²) in [5.74, 6) is -1.83. The molecule has 5 nitrogen and oxygen atoms in total. The SMILES string of the molecule is Cc1ccc(NC(=O)[C@H](C)c2nc(C)c(C(=O)O)s2)cc1Cl. The number of carboxylic acids is 1. The van der Waals surface area contributed by atoms with Crippen LogP contribution >= 0.6 is 22.9 Å². The van der Waals surface area contributed by atoms with Crippen molar-refractivity contribution in [3.63, 3.8) is 0 Å². The zero-order valence-electron chi connectivity index (χ0n) is 12.3. The van der Waals surface area contributed by atoms with E-state index in [0.717, 1.165) is 16.9 Å². The van der Waals surface area contributed by atoms with Crippen LogP contribution in [0, 0.1) is 13.8 Å². The molecule has 1 heterocycles. The summed E-state index contributed by atoms with van der Waals surface area (Å²) in [5, 5.41) is 12.9. The van der Waals surface area contributed by atoms with Crippen LogP contribution in [0.5, 0.6) is 0 Å². The Labute approximate surface area is 137 Å². The number of carbonyl (C=O) groups is 2. The maximum atomic E-state index is 12.3. The van der Waals surface area contributed by atoms with Gasteiger partial charge in [0.05, 0.1) is 11.6 Å². The van der Waals surface area contributed by atoms with Gasteiger partial charge in [-0.2, -0.15) is 0 Å². The normalized spacial score (nSPS) is 12.0. The van der Waals surface area contributed by atoms with Crippen molar-refractivity contribution in [2.75, 3.05) is 5.32 Å². The summed E-state index contributed by atoms with van der Waals surface area (Å²) in [6, 6.07) is 5.26. The molecule has 1 amide bonds. The van der Waals surface area contributed by atoms with Gasteiger partial charge in [-0.1, -0.05) is 17.7 Å². The third-order valence-electron chi connectivity index (χ3n) is 3.21. The number of rotatable bonds is 4. The van der Waals surface area contributed by atoms with E-state index in [2.05, 4.69) is 10.3 Å². The minimum absolute atomic E-state index is 0.160. The van der Waals surface area contributed by atoms with Gasteiger partial charge >= 0.3 is 5.97 Å². The van der Waals surface area contributed by atoms with Gasteiger partial charge in [-0.3, -0.25) is 4.79 Å². The van der Waals surface area contributed by atoms with Crippen molar-refractivity contribution in [3.8, 4) is 0 Å². The van der Waals surface area contributed by atoms with Crippen molar-refractivity contribution in [1.82, 2.24) is 4.98 Å². The average Bonchev–Trinajstić information content (AvgIpc) is 2.84. The fourth-order valence-corrected chi connectivity index (χ4v) is 2.97. The Morgan fingerprint density at radius 3 is 2.59 bits per heavy atom. The van der Waals surface area contributed by atoms with E-state index in [1.165, 1.54) is 0 Å². The van der Waals surface area contributed by atoms with Crippen LogP contribution in [0.1, 0.15) is 38.8 Å². The van der Waals surface area contributed by atoms with Gasteiger partial charge in [0.1, 0.15) is 9.88 Å². The number of aromatic nitrogens is 1. The van der Waals surface area contributed by atoms with E-state index in [4.69, 9.17) is 16.7 Å². The Morgan fingerprint density at radius 1 is 1.36 bits per heavy atom. The first-order valence-electron chi connectivity index (χ1n) is 6.57. The zero-order valence-corrected chi connectivity index (χ0v) is 13.9. The lowest BCUT2D eigenvalue weighted by Gasteiger charge is -2.10. The van der Waals surface area contributed by atoms with Crippen LogP contribution < -0.4 is 5.32 Å². The summed E-state index contributed by atoms with van der Waals surface area (Å²) in [5.41, 5.74) is 1.94. The predicted molar refractivity (Wildman–Crippen MR) is 87.0 cm³/mol. The maximum Gasteiger partial charge on any atom is 0.347 e. The number of hydrogen-bond acceptors (Lipinski definition) is 4. The fourth-order valence-electron chi connectivity index (χ4n) is 1.83. The molecule has 0 aliphatic heterocycles. The van der Waals surface area contributed by atoms with Crippen LogP contribution in [0.25, 0.3) is 0 Å². The van der Waals surface area contributed by atoms with E-state index in [0.29, 0.717) is 21.4 Å². The Hall–Kier alpha value is -1.92. The topological polar surface area (TPSA) is 79.3 Å². The lowest BCUT2D eigenvalue weighted by atomic mass is 10.1.